The van der Waals surface area contributed by atoms with E-state index in [2.05, 4.69) is 55.2 Å². The second-order valence-corrected chi connectivity index (χ2v) is 6.00. The number of nitrogens with one attached hydrogen (secondary N) is 3. The molecule has 0 saturated carbocycles. The highest BCUT2D eigenvalue weighted by Crippen LogP contribution is 2.23. The normalized spacial score (nSPS) is 13.4. The molecule has 1 aliphatic heterocycles. The average Bonchev–Trinajstić information content (AvgIpc) is 2.90. The van der Waals surface area contributed by atoms with Crippen molar-refractivity contribution in [2.45, 2.75) is 6.54 Å². The fraction of sp³-hybridized carbons (Fsp3) is 0.133. The summed E-state index contributed by atoms with van der Waals surface area (Å²) in [4.78, 5) is 0. The van der Waals surface area contributed by atoms with Gasteiger partial charge in [-0.1, -0.05) is 30.3 Å². The van der Waals surface area contributed by atoms with E-state index in [-0.39, 0.29) is 0 Å². The number of hydrogen-bond donors (Lipinski definition) is 3. The summed E-state index contributed by atoms with van der Waals surface area (Å²) in [5, 5.41) is 9.05. The van der Waals surface area contributed by atoms with Crippen LogP contribution in [0, 0.1) is 0 Å². The fourth-order valence-corrected chi connectivity index (χ4v) is 2.73. The van der Waals surface area contributed by atoms with Crippen molar-refractivity contribution < 1.29 is 0 Å². The van der Waals surface area contributed by atoms with Crippen LogP contribution < -0.4 is 16.1 Å². The number of para-hydroxylation sites is 2. The molecule has 3 N–H and O–H groups in total. The number of anilines is 2. The molecular weight excluding hydrogens is 348 g/mol. The molecule has 0 atom stereocenters. The lowest BCUT2D eigenvalue weighted by atomic mass is 10.2. The first-order valence-electron chi connectivity index (χ1n) is 6.61. The van der Waals surface area contributed by atoms with Crippen LogP contribution in [0.3, 0.4) is 0 Å². The molecule has 0 unspecified atom stereocenters. The highest BCUT2D eigenvalue weighted by molar-refractivity contribution is 9.10. The zero-order valence-corrected chi connectivity index (χ0v) is 13.7. The minimum Gasteiger partial charge on any atom is -0.348 e. The van der Waals surface area contributed by atoms with Gasteiger partial charge >= 0.3 is 0 Å². The first-order chi connectivity index (χ1) is 10.2. The van der Waals surface area contributed by atoms with Crippen molar-refractivity contribution in [3.8, 4) is 0 Å². The molecule has 0 aliphatic carbocycles. The van der Waals surface area contributed by atoms with Gasteiger partial charge in [0, 0.05) is 11.0 Å². The molecule has 1 aliphatic rings. The Kier molecular flexibility index (Phi) is 4.38. The summed E-state index contributed by atoms with van der Waals surface area (Å²) < 4.78 is 0.987. The predicted octanol–water partition coefficient (Wildman–Crippen LogP) is 3.54. The van der Waals surface area contributed by atoms with Gasteiger partial charge in [-0.3, -0.25) is 0 Å². The maximum Gasteiger partial charge on any atom is 0.171 e. The summed E-state index contributed by atoms with van der Waals surface area (Å²) >= 11 is 8.81. The van der Waals surface area contributed by atoms with E-state index in [9.17, 15) is 0 Å². The Balaban J connectivity index is 1.50. The van der Waals surface area contributed by atoms with Gasteiger partial charge in [0.05, 0.1) is 18.0 Å². The summed E-state index contributed by atoms with van der Waals surface area (Å²) in [6, 6.07) is 16.2. The number of hydrazine groups is 1. The second-order valence-electron chi connectivity index (χ2n) is 4.74. The largest absolute Gasteiger partial charge is 0.348 e. The van der Waals surface area contributed by atoms with E-state index >= 15 is 0 Å². The molecule has 0 fully saturated rings. The van der Waals surface area contributed by atoms with Gasteiger partial charge in [0.2, 0.25) is 0 Å². The molecule has 1 heterocycles. The molecule has 2 aromatic rings. The number of thiocarbonyl (C=S) groups is 1. The van der Waals surface area contributed by atoms with Crippen LogP contribution in [-0.2, 0) is 6.54 Å². The van der Waals surface area contributed by atoms with Crippen molar-refractivity contribution in [1.82, 2.24) is 10.3 Å². The average molecular weight is 363 g/mol. The van der Waals surface area contributed by atoms with Gasteiger partial charge in [0.1, 0.15) is 0 Å². The van der Waals surface area contributed by atoms with Crippen LogP contribution in [0.25, 0.3) is 0 Å². The molecule has 6 heteroatoms. The molecule has 4 nitrogen and oxygen atoms in total. The summed E-state index contributed by atoms with van der Waals surface area (Å²) in [5.41, 5.74) is 6.74. The first-order valence-corrected chi connectivity index (χ1v) is 7.81. The van der Waals surface area contributed by atoms with E-state index in [4.69, 9.17) is 12.2 Å². The van der Waals surface area contributed by atoms with Crippen LogP contribution in [-0.4, -0.2) is 16.8 Å². The maximum absolute atomic E-state index is 5.32. The molecule has 0 aromatic heterocycles. The lowest BCUT2D eigenvalue weighted by Gasteiger charge is -2.18. The Bertz CT molecular complexity index is 637. The van der Waals surface area contributed by atoms with Gasteiger partial charge in [0.25, 0.3) is 0 Å². The molecule has 0 amide bonds. The Hall–Kier alpha value is -1.63. The van der Waals surface area contributed by atoms with Gasteiger partial charge in [-0.25, -0.2) is 0 Å². The first kappa shape index (κ1) is 14.3. The molecule has 0 saturated heterocycles. The van der Waals surface area contributed by atoms with Crippen molar-refractivity contribution in [3.63, 3.8) is 0 Å². The number of nitrogens with zero attached hydrogens (tertiary/aromatic N) is 1. The van der Waals surface area contributed by atoms with E-state index < -0.39 is 0 Å². The zero-order chi connectivity index (χ0) is 14.7. The number of fused-ring (bicyclic) bond motifs is 1. The predicted molar refractivity (Wildman–Crippen MR) is 94.0 cm³/mol. The van der Waals surface area contributed by atoms with Gasteiger partial charge in [-0.2, -0.15) is 5.01 Å². The number of benzene rings is 2. The Morgan fingerprint density at radius 1 is 1.19 bits per heavy atom. The Labute approximate surface area is 137 Å². The molecule has 108 valence electrons. The highest BCUT2D eigenvalue weighted by atomic mass is 79.9. The third kappa shape index (κ3) is 3.53. The summed E-state index contributed by atoms with van der Waals surface area (Å²) in [5.74, 6) is 0. The van der Waals surface area contributed by atoms with E-state index in [1.807, 2.05) is 30.3 Å². The molecule has 0 radical (unpaired) electrons. The smallest absolute Gasteiger partial charge is 0.171 e. The molecule has 21 heavy (non-hydrogen) atoms. The van der Waals surface area contributed by atoms with Crippen molar-refractivity contribution >= 4 is 44.6 Å². The van der Waals surface area contributed by atoms with Gasteiger partial charge in [0.15, 0.2) is 5.11 Å². The van der Waals surface area contributed by atoms with Crippen LogP contribution in [0.4, 0.5) is 11.4 Å². The van der Waals surface area contributed by atoms with Crippen molar-refractivity contribution in [2.75, 3.05) is 17.4 Å². The van der Waals surface area contributed by atoms with Crippen LogP contribution in [0.5, 0.6) is 0 Å². The SMILES string of the molecule is S=C(NCN1Cc2ccccc2N1)Nc1ccccc1Br. The van der Waals surface area contributed by atoms with E-state index in [0.29, 0.717) is 11.8 Å². The van der Waals surface area contributed by atoms with Gasteiger partial charge < -0.3 is 16.1 Å². The minimum absolute atomic E-state index is 0.597. The molecule has 0 bridgehead atoms. The van der Waals surface area contributed by atoms with Gasteiger partial charge in [-0.05, 0) is 51.9 Å². The van der Waals surface area contributed by atoms with Crippen LogP contribution in [0.15, 0.2) is 53.0 Å². The Morgan fingerprint density at radius 3 is 2.76 bits per heavy atom. The standard InChI is InChI=1S/C15H15BrN4S/c16-12-6-2-4-8-14(12)18-15(21)17-10-20-9-11-5-1-3-7-13(11)19-20/h1-8,19H,9-10H2,(H2,17,18,21). The lowest BCUT2D eigenvalue weighted by Crippen LogP contribution is -2.39. The number of hydrogen-bond acceptors (Lipinski definition) is 3. The lowest BCUT2D eigenvalue weighted by molar-refractivity contribution is 0.337. The third-order valence-electron chi connectivity index (χ3n) is 3.21. The molecule has 0 spiro atoms. The summed E-state index contributed by atoms with van der Waals surface area (Å²) in [6.07, 6.45) is 0. The molecule has 2 aromatic carbocycles. The summed E-state index contributed by atoms with van der Waals surface area (Å²) in [6.45, 7) is 1.49. The summed E-state index contributed by atoms with van der Waals surface area (Å²) in [7, 11) is 0. The minimum atomic E-state index is 0.597. The zero-order valence-electron chi connectivity index (χ0n) is 11.3. The van der Waals surface area contributed by atoms with Crippen LogP contribution in [0.1, 0.15) is 5.56 Å². The van der Waals surface area contributed by atoms with E-state index in [1.54, 1.807) is 0 Å². The monoisotopic (exact) mass is 362 g/mol. The van der Waals surface area contributed by atoms with Crippen LogP contribution in [0.2, 0.25) is 0 Å². The molecular formula is C15H15BrN4S. The van der Waals surface area contributed by atoms with Crippen molar-refractivity contribution in [3.05, 3.63) is 58.6 Å². The Morgan fingerprint density at radius 2 is 1.95 bits per heavy atom. The number of rotatable bonds is 3. The number of halogens is 1. The second kappa shape index (κ2) is 6.43. The van der Waals surface area contributed by atoms with Crippen LogP contribution >= 0.6 is 28.1 Å². The third-order valence-corrected chi connectivity index (χ3v) is 4.15. The van der Waals surface area contributed by atoms with Crippen molar-refractivity contribution in [1.29, 1.82) is 0 Å². The highest BCUT2D eigenvalue weighted by Gasteiger charge is 2.16. The fourth-order valence-electron chi connectivity index (χ4n) is 2.17. The van der Waals surface area contributed by atoms with E-state index in [0.717, 1.165) is 22.4 Å². The quantitative estimate of drug-likeness (QED) is 0.728. The van der Waals surface area contributed by atoms with Crippen molar-refractivity contribution in [2.24, 2.45) is 0 Å². The van der Waals surface area contributed by atoms with E-state index in [1.165, 1.54) is 5.56 Å². The molecule has 3 rings (SSSR count). The topological polar surface area (TPSA) is 39.3 Å². The maximum atomic E-state index is 5.32. The van der Waals surface area contributed by atoms with Gasteiger partial charge in [-0.15, -0.1) is 0 Å².